The van der Waals surface area contributed by atoms with E-state index < -0.39 is 36.3 Å². The Morgan fingerprint density at radius 3 is 2.42 bits per heavy atom. The van der Waals surface area contributed by atoms with Crippen molar-refractivity contribution in [3.8, 4) is 11.5 Å². The van der Waals surface area contributed by atoms with Crippen LogP contribution in [0, 0.1) is 10.1 Å². The van der Waals surface area contributed by atoms with Gasteiger partial charge < -0.3 is 19.5 Å². The van der Waals surface area contributed by atoms with Gasteiger partial charge in [0.2, 0.25) is 6.79 Å². The zero-order valence-electron chi connectivity index (χ0n) is 17.1. The van der Waals surface area contributed by atoms with E-state index in [1.54, 1.807) is 6.07 Å². The number of alkyl halides is 3. The van der Waals surface area contributed by atoms with Crippen LogP contribution in [0.3, 0.4) is 0 Å². The maximum Gasteiger partial charge on any atom is 0.501 e. The van der Waals surface area contributed by atoms with Gasteiger partial charge in [-0.3, -0.25) is 10.1 Å². The first kappa shape index (κ1) is 23.1. The minimum absolute atomic E-state index is 0.0901. The maximum atomic E-state index is 12.9. The second-order valence-electron chi connectivity index (χ2n) is 7.70. The highest BCUT2D eigenvalue weighted by Crippen LogP contribution is 2.42. The fourth-order valence-electron chi connectivity index (χ4n) is 3.93. The molecule has 1 N–H and O–H groups in total. The third kappa shape index (κ3) is 4.29. The highest BCUT2D eigenvalue weighted by atomic mass is 32.2. The lowest BCUT2D eigenvalue weighted by Crippen LogP contribution is -2.40. The van der Waals surface area contributed by atoms with Gasteiger partial charge in [-0.1, -0.05) is 6.07 Å². The number of hydrogen-bond acceptors (Lipinski definition) is 8. The van der Waals surface area contributed by atoms with Crippen LogP contribution in [0.2, 0.25) is 0 Å². The first-order chi connectivity index (χ1) is 15.5. The molecule has 2 aliphatic rings. The Morgan fingerprint density at radius 2 is 1.76 bits per heavy atom. The molecular formula is C20H19F3N2O7S. The number of benzene rings is 2. The van der Waals surface area contributed by atoms with Gasteiger partial charge in [-0.15, -0.1) is 0 Å². The lowest BCUT2D eigenvalue weighted by molar-refractivity contribution is -0.384. The molecular weight excluding hydrogens is 469 g/mol. The summed E-state index contributed by atoms with van der Waals surface area (Å²) in [7, 11) is -5.72. The van der Waals surface area contributed by atoms with Gasteiger partial charge in [-0.2, -0.15) is 13.2 Å². The van der Waals surface area contributed by atoms with Crippen molar-refractivity contribution in [3.05, 3.63) is 52.1 Å². The standard InChI is InChI=1S/C20H19F3N2O7S/c21-20(22,23)33(28,29)14-2-3-15(16(10-14)25(26)27)24-11-19(5-7-30-8-6-19)13-1-4-17-18(9-13)32-12-31-17/h1-4,9-10,24H,5-8,11-12H2. The van der Waals surface area contributed by atoms with Crippen molar-refractivity contribution >= 4 is 21.2 Å². The summed E-state index contributed by atoms with van der Waals surface area (Å²) in [6.45, 7) is 1.19. The maximum absolute atomic E-state index is 12.9. The number of ether oxygens (including phenoxy) is 3. The molecule has 2 aromatic carbocycles. The van der Waals surface area contributed by atoms with E-state index >= 15 is 0 Å². The smallest absolute Gasteiger partial charge is 0.454 e. The van der Waals surface area contributed by atoms with E-state index in [0.29, 0.717) is 49.7 Å². The predicted molar refractivity (Wildman–Crippen MR) is 109 cm³/mol. The Labute approximate surface area is 186 Å². The Balaban J connectivity index is 1.65. The Hall–Kier alpha value is -3.06. The quantitative estimate of drug-likeness (QED) is 0.482. The summed E-state index contributed by atoms with van der Waals surface area (Å²) >= 11 is 0. The SMILES string of the molecule is O=[N+]([O-])c1cc(S(=O)(=O)C(F)(F)F)ccc1NCC1(c2ccc3c(c2)OCO3)CCOCC1. The van der Waals surface area contributed by atoms with Crippen molar-refractivity contribution in [1.82, 2.24) is 0 Å². The number of anilines is 1. The van der Waals surface area contributed by atoms with Crippen LogP contribution >= 0.6 is 0 Å². The molecule has 0 spiro atoms. The minimum Gasteiger partial charge on any atom is -0.454 e. The predicted octanol–water partition coefficient (Wildman–Crippen LogP) is 3.78. The number of sulfone groups is 1. The van der Waals surface area contributed by atoms with E-state index in [0.717, 1.165) is 11.6 Å². The monoisotopic (exact) mass is 488 g/mol. The Morgan fingerprint density at radius 1 is 1.06 bits per heavy atom. The fourth-order valence-corrected chi connectivity index (χ4v) is 4.71. The van der Waals surface area contributed by atoms with Crippen molar-refractivity contribution < 1.29 is 40.7 Å². The van der Waals surface area contributed by atoms with Gasteiger partial charge in [0.05, 0.1) is 9.82 Å². The average Bonchev–Trinajstić information content (AvgIpc) is 3.25. The largest absolute Gasteiger partial charge is 0.501 e. The molecule has 0 aromatic heterocycles. The molecule has 0 aliphatic carbocycles. The molecule has 1 saturated heterocycles. The number of halogens is 3. The van der Waals surface area contributed by atoms with Crippen molar-refractivity contribution in [1.29, 1.82) is 0 Å². The molecule has 2 heterocycles. The van der Waals surface area contributed by atoms with E-state index in [9.17, 15) is 31.7 Å². The lowest BCUT2D eigenvalue weighted by atomic mass is 9.74. The van der Waals surface area contributed by atoms with E-state index in [1.165, 1.54) is 0 Å². The normalized spacial score (nSPS) is 17.5. The number of nitrogens with one attached hydrogen (secondary N) is 1. The van der Waals surface area contributed by atoms with Crippen LogP contribution in [0.4, 0.5) is 24.5 Å². The second kappa shape index (κ2) is 8.37. The third-order valence-corrected chi connectivity index (χ3v) is 7.32. The molecule has 2 aliphatic heterocycles. The molecule has 0 radical (unpaired) electrons. The lowest BCUT2D eigenvalue weighted by Gasteiger charge is -2.38. The van der Waals surface area contributed by atoms with Crippen molar-refractivity contribution in [2.24, 2.45) is 0 Å². The van der Waals surface area contributed by atoms with Gasteiger partial charge in [0, 0.05) is 31.2 Å². The number of hydrogen-bond donors (Lipinski definition) is 1. The van der Waals surface area contributed by atoms with Crippen LogP contribution in [0.25, 0.3) is 0 Å². The summed E-state index contributed by atoms with van der Waals surface area (Å²) in [6.07, 6.45) is 1.15. The zero-order chi connectivity index (χ0) is 23.9. The van der Waals surface area contributed by atoms with Gasteiger partial charge in [-0.25, -0.2) is 8.42 Å². The molecule has 0 atom stereocenters. The van der Waals surface area contributed by atoms with Crippen LogP contribution in [-0.2, 0) is 20.0 Å². The van der Waals surface area contributed by atoms with E-state index in [-0.39, 0.29) is 19.0 Å². The Bertz CT molecular complexity index is 1180. The number of nitro groups is 1. The van der Waals surface area contributed by atoms with E-state index in [2.05, 4.69) is 5.32 Å². The van der Waals surface area contributed by atoms with Crippen LogP contribution in [0.5, 0.6) is 11.5 Å². The summed E-state index contributed by atoms with van der Waals surface area (Å²) in [5.41, 5.74) is -6.05. The summed E-state index contributed by atoms with van der Waals surface area (Å²) in [5.74, 6) is 1.18. The topological polar surface area (TPSA) is 117 Å². The molecule has 0 unspecified atom stereocenters. The van der Waals surface area contributed by atoms with E-state index in [4.69, 9.17) is 14.2 Å². The number of nitro benzene ring substituents is 1. The number of fused-ring (bicyclic) bond motifs is 1. The minimum atomic E-state index is -5.72. The first-order valence-corrected chi connectivity index (χ1v) is 11.3. The van der Waals surface area contributed by atoms with Gasteiger partial charge in [0.25, 0.3) is 15.5 Å². The van der Waals surface area contributed by atoms with Crippen LogP contribution < -0.4 is 14.8 Å². The third-order valence-electron chi connectivity index (χ3n) is 5.83. The zero-order valence-corrected chi connectivity index (χ0v) is 17.9. The van der Waals surface area contributed by atoms with Crippen molar-refractivity contribution in [2.75, 3.05) is 31.9 Å². The summed E-state index contributed by atoms with van der Waals surface area (Å²) in [5, 5.41) is 14.5. The van der Waals surface area contributed by atoms with Gasteiger partial charge in [0.15, 0.2) is 11.5 Å². The highest BCUT2D eigenvalue weighted by molar-refractivity contribution is 7.92. The highest BCUT2D eigenvalue weighted by Gasteiger charge is 2.47. The fraction of sp³-hybridized carbons (Fsp3) is 0.400. The molecule has 9 nitrogen and oxygen atoms in total. The average molecular weight is 488 g/mol. The molecule has 178 valence electrons. The van der Waals surface area contributed by atoms with Crippen molar-refractivity contribution in [2.45, 2.75) is 28.7 Å². The molecule has 33 heavy (non-hydrogen) atoms. The summed E-state index contributed by atoms with van der Waals surface area (Å²) in [6, 6.07) is 7.58. The van der Waals surface area contributed by atoms with Crippen molar-refractivity contribution in [3.63, 3.8) is 0 Å². The van der Waals surface area contributed by atoms with Crippen LogP contribution in [-0.4, -0.2) is 45.4 Å². The molecule has 2 aromatic rings. The van der Waals surface area contributed by atoms with Gasteiger partial charge in [0.1, 0.15) is 5.69 Å². The number of rotatable bonds is 6. The summed E-state index contributed by atoms with van der Waals surface area (Å²) in [4.78, 5) is 9.41. The van der Waals surface area contributed by atoms with E-state index in [1.807, 2.05) is 12.1 Å². The molecule has 1 fully saturated rings. The van der Waals surface area contributed by atoms with Crippen LogP contribution in [0.15, 0.2) is 41.3 Å². The molecule has 13 heteroatoms. The summed E-state index contributed by atoms with van der Waals surface area (Å²) < 4.78 is 78.2. The van der Waals surface area contributed by atoms with Crippen LogP contribution in [0.1, 0.15) is 18.4 Å². The van der Waals surface area contributed by atoms with Gasteiger partial charge in [-0.05, 0) is 42.7 Å². The molecule has 0 bridgehead atoms. The number of nitrogens with zero attached hydrogens (tertiary/aromatic N) is 1. The second-order valence-corrected chi connectivity index (χ2v) is 9.64. The Kier molecular flexibility index (Phi) is 5.86. The molecule has 0 amide bonds. The van der Waals surface area contributed by atoms with Gasteiger partial charge >= 0.3 is 5.51 Å². The first-order valence-electron chi connectivity index (χ1n) is 9.85. The molecule has 4 rings (SSSR count). The molecule has 0 saturated carbocycles.